The number of rotatable bonds is 5. The van der Waals surface area contributed by atoms with Gasteiger partial charge in [0.05, 0.1) is 16.0 Å². The SMILES string of the molecule is CC(N)OC(N(F)F)(N(F)F)N(F)F. The van der Waals surface area contributed by atoms with Gasteiger partial charge in [-0.3, -0.25) is 0 Å². The maximum Gasteiger partial charge on any atom is 0.411 e. The van der Waals surface area contributed by atoms with Crippen molar-refractivity contribution in [3.05, 3.63) is 0 Å². The molecule has 2 N–H and O–H groups in total. The van der Waals surface area contributed by atoms with Crippen LogP contribution in [-0.2, 0) is 4.74 Å². The molecule has 14 heavy (non-hydrogen) atoms. The smallest absolute Gasteiger partial charge is 0.306 e. The van der Waals surface area contributed by atoms with Crippen LogP contribution in [0.5, 0.6) is 0 Å². The molecule has 0 bridgehead atoms. The Balaban J connectivity index is 4.95. The van der Waals surface area contributed by atoms with Crippen LogP contribution in [0.1, 0.15) is 6.92 Å². The second-order valence-electron chi connectivity index (χ2n) is 2.10. The van der Waals surface area contributed by atoms with Crippen molar-refractivity contribution < 1.29 is 31.6 Å². The summed E-state index contributed by atoms with van der Waals surface area (Å²) in [6.07, 6.45) is -1.76. The predicted octanol–water partition coefficient (Wildman–Crippen LogP) is 1.13. The van der Waals surface area contributed by atoms with Crippen molar-refractivity contribution in [2.45, 2.75) is 19.1 Å². The lowest BCUT2D eigenvalue weighted by atomic mass is 10.6. The summed E-state index contributed by atoms with van der Waals surface area (Å²) in [5, 5.41) is -7.55. The van der Waals surface area contributed by atoms with E-state index in [9.17, 15) is 26.9 Å². The highest BCUT2D eigenvalue weighted by Crippen LogP contribution is 2.30. The van der Waals surface area contributed by atoms with Gasteiger partial charge in [0, 0.05) is 0 Å². The third kappa shape index (κ3) is 2.45. The standard InChI is InChI=1S/C3H6F6N4O/c1-2(10)14-3(11(4)5,12(6)7)13(8)9/h2H,10H2,1H3. The van der Waals surface area contributed by atoms with Crippen molar-refractivity contribution in [2.75, 3.05) is 0 Å². The van der Waals surface area contributed by atoms with Crippen LogP contribution in [0.2, 0.25) is 0 Å². The first-order valence-electron chi connectivity index (χ1n) is 3.04. The summed E-state index contributed by atoms with van der Waals surface area (Å²) in [7, 11) is 0. The molecule has 0 saturated heterocycles. The minimum absolute atomic E-state index is 0.825. The second-order valence-corrected chi connectivity index (χ2v) is 2.10. The van der Waals surface area contributed by atoms with Crippen LogP contribution in [0.15, 0.2) is 0 Å². The van der Waals surface area contributed by atoms with E-state index in [2.05, 4.69) is 10.5 Å². The van der Waals surface area contributed by atoms with Crippen molar-refractivity contribution in [2.24, 2.45) is 5.73 Å². The molecule has 0 heterocycles. The molecule has 0 aliphatic carbocycles. The first kappa shape index (κ1) is 13.4. The molecule has 0 fully saturated rings. The summed E-state index contributed by atoms with van der Waals surface area (Å²) >= 11 is 0. The zero-order valence-electron chi connectivity index (χ0n) is 6.67. The normalized spacial score (nSPS) is 15.6. The number of halogens is 6. The molecular formula is C3H6F6N4O. The quantitative estimate of drug-likeness (QED) is 0.434. The molecule has 1 unspecified atom stereocenters. The van der Waals surface area contributed by atoms with E-state index in [1.807, 2.05) is 0 Å². The van der Waals surface area contributed by atoms with Gasteiger partial charge in [-0.05, 0) is 6.92 Å². The van der Waals surface area contributed by atoms with Crippen molar-refractivity contribution >= 4 is 0 Å². The zero-order chi connectivity index (χ0) is 11.5. The van der Waals surface area contributed by atoms with Crippen LogP contribution < -0.4 is 5.73 Å². The summed E-state index contributed by atoms with van der Waals surface area (Å²) < 4.78 is 74.5. The maximum atomic E-state index is 11.8. The summed E-state index contributed by atoms with van der Waals surface area (Å²) in [6, 6.07) is 0. The lowest BCUT2D eigenvalue weighted by Gasteiger charge is -2.32. The van der Waals surface area contributed by atoms with Crippen LogP contribution in [-0.4, -0.2) is 28.2 Å². The summed E-state index contributed by atoms with van der Waals surface area (Å²) in [5.41, 5.74) is 4.69. The summed E-state index contributed by atoms with van der Waals surface area (Å²) in [5.74, 6) is -4.60. The van der Waals surface area contributed by atoms with Crippen molar-refractivity contribution in [3.63, 3.8) is 0 Å². The van der Waals surface area contributed by atoms with Crippen molar-refractivity contribution in [3.8, 4) is 0 Å². The Morgan fingerprint density at radius 2 is 1.29 bits per heavy atom. The first-order valence-corrected chi connectivity index (χ1v) is 3.04. The van der Waals surface area contributed by atoms with Gasteiger partial charge in [0.25, 0.3) is 0 Å². The van der Waals surface area contributed by atoms with Gasteiger partial charge in [0.15, 0.2) is 0 Å². The Bertz CT molecular complexity index is 155. The van der Waals surface area contributed by atoms with Crippen molar-refractivity contribution in [1.82, 2.24) is 16.0 Å². The lowest BCUT2D eigenvalue weighted by Crippen LogP contribution is -2.60. The Hall–Kier alpha value is -0.620. The third-order valence-corrected chi connectivity index (χ3v) is 1.00. The van der Waals surface area contributed by atoms with E-state index < -0.39 is 28.2 Å². The zero-order valence-corrected chi connectivity index (χ0v) is 6.67. The third-order valence-electron chi connectivity index (χ3n) is 1.00. The number of ether oxygens (including phenoxy) is 1. The molecular weight excluding hydrogens is 222 g/mol. The van der Waals surface area contributed by atoms with E-state index in [0.717, 1.165) is 6.92 Å². The molecule has 0 saturated carbocycles. The number of nitrogens with zero attached hydrogens (tertiary/aromatic N) is 3. The Labute approximate surface area is 73.8 Å². The minimum Gasteiger partial charge on any atom is -0.306 e. The molecule has 0 spiro atoms. The van der Waals surface area contributed by atoms with Gasteiger partial charge in [0.1, 0.15) is 6.23 Å². The number of hydrogen-bond acceptors (Lipinski definition) is 5. The molecule has 0 aromatic heterocycles. The predicted molar refractivity (Wildman–Crippen MR) is 29.6 cm³/mol. The monoisotopic (exact) mass is 228 g/mol. The van der Waals surface area contributed by atoms with Crippen LogP contribution in [0.25, 0.3) is 0 Å². The van der Waals surface area contributed by atoms with Gasteiger partial charge in [-0.15, -0.1) is 0 Å². The average molecular weight is 228 g/mol. The van der Waals surface area contributed by atoms with Gasteiger partial charge in [-0.2, -0.15) is 0 Å². The van der Waals surface area contributed by atoms with Crippen LogP contribution in [0.4, 0.5) is 26.9 Å². The van der Waals surface area contributed by atoms with Gasteiger partial charge >= 0.3 is 5.97 Å². The molecule has 0 aliphatic rings. The molecule has 0 amide bonds. The molecule has 0 radical (unpaired) electrons. The minimum atomic E-state index is -4.60. The number of nitrogens with two attached hydrogens (primary N) is 1. The first-order chi connectivity index (χ1) is 6.25. The lowest BCUT2D eigenvalue weighted by molar-refractivity contribution is -0.559. The Morgan fingerprint density at radius 3 is 1.36 bits per heavy atom. The van der Waals surface area contributed by atoms with Crippen LogP contribution >= 0.6 is 0 Å². The molecule has 11 heteroatoms. The molecule has 0 rings (SSSR count). The van der Waals surface area contributed by atoms with E-state index in [-0.39, 0.29) is 0 Å². The molecule has 86 valence electrons. The van der Waals surface area contributed by atoms with E-state index in [0.29, 0.717) is 0 Å². The maximum absolute atomic E-state index is 11.8. The topological polar surface area (TPSA) is 45.0 Å². The molecule has 0 aromatic carbocycles. The summed E-state index contributed by atoms with van der Waals surface area (Å²) in [6.45, 7) is 0.825. The molecule has 5 nitrogen and oxygen atoms in total. The summed E-state index contributed by atoms with van der Waals surface area (Å²) in [4.78, 5) is 0. The van der Waals surface area contributed by atoms with Crippen LogP contribution in [0, 0.1) is 0 Å². The largest absolute Gasteiger partial charge is 0.411 e. The van der Waals surface area contributed by atoms with E-state index in [1.54, 1.807) is 0 Å². The van der Waals surface area contributed by atoms with E-state index >= 15 is 0 Å². The average Bonchev–Trinajstić information content (AvgIpc) is 1.97. The number of hydrogen-bond donors (Lipinski definition) is 1. The van der Waals surface area contributed by atoms with Crippen molar-refractivity contribution in [1.29, 1.82) is 0 Å². The van der Waals surface area contributed by atoms with Gasteiger partial charge in [-0.1, -0.05) is 26.9 Å². The highest BCUT2D eigenvalue weighted by molar-refractivity contribution is 4.56. The molecule has 0 aliphatic heterocycles. The highest BCUT2D eigenvalue weighted by Gasteiger charge is 2.58. The van der Waals surface area contributed by atoms with Gasteiger partial charge in [-0.25, -0.2) is 0 Å². The van der Waals surface area contributed by atoms with Gasteiger partial charge < -0.3 is 10.5 Å². The fourth-order valence-corrected chi connectivity index (χ4v) is 0.540. The fraction of sp³-hybridized carbons (Fsp3) is 1.00. The van der Waals surface area contributed by atoms with Crippen LogP contribution in [0.3, 0.4) is 0 Å². The van der Waals surface area contributed by atoms with Gasteiger partial charge in [0.2, 0.25) is 0 Å². The second kappa shape index (κ2) is 4.75. The molecule has 0 aromatic rings. The Morgan fingerprint density at radius 1 is 1.00 bits per heavy atom. The molecule has 1 atom stereocenters. The van der Waals surface area contributed by atoms with E-state index in [4.69, 9.17) is 0 Å². The highest BCUT2D eigenvalue weighted by atomic mass is 19.4. The van der Waals surface area contributed by atoms with E-state index in [1.165, 1.54) is 0 Å². The Kier molecular flexibility index (Phi) is 4.54. The fourth-order valence-electron chi connectivity index (χ4n) is 0.540.